The van der Waals surface area contributed by atoms with Gasteiger partial charge in [-0.25, -0.2) is 9.78 Å². The van der Waals surface area contributed by atoms with Crippen molar-refractivity contribution in [1.82, 2.24) is 19.9 Å². The fraction of sp³-hybridized carbons (Fsp3) is 0.235. The summed E-state index contributed by atoms with van der Waals surface area (Å²) < 4.78 is 7.70. The molecule has 1 aliphatic heterocycles. The average Bonchev–Trinajstić information content (AvgIpc) is 3.49. The van der Waals surface area contributed by atoms with Gasteiger partial charge in [0, 0.05) is 31.3 Å². The largest absolute Gasteiger partial charge is 0.489 e. The Morgan fingerprint density at radius 1 is 0.860 bits per heavy atom. The van der Waals surface area contributed by atoms with E-state index in [0.717, 1.165) is 66.2 Å². The molecule has 1 saturated heterocycles. The molecule has 1 atom stereocenters. The number of carbonyl (C=O) groups excluding carboxylic acids is 1. The number of carboxylic acids is 1. The molecule has 2 aromatic heterocycles. The minimum Gasteiger partial charge on any atom is -0.489 e. The summed E-state index contributed by atoms with van der Waals surface area (Å²) in [6, 6.07) is 26.1. The first-order valence-corrected chi connectivity index (χ1v) is 14.5. The van der Waals surface area contributed by atoms with Crippen molar-refractivity contribution in [3.8, 4) is 16.9 Å². The Kier molecular flexibility index (Phi) is 8.31. The Morgan fingerprint density at radius 3 is 2.21 bits per heavy atom. The number of aliphatic carboxylic acids is 1. The molecular weight excluding hydrogens is 542 g/mol. The van der Waals surface area contributed by atoms with Crippen LogP contribution in [0.3, 0.4) is 0 Å². The van der Waals surface area contributed by atoms with E-state index in [0.29, 0.717) is 12.3 Å². The van der Waals surface area contributed by atoms with Crippen LogP contribution in [0.5, 0.6) is 5.75 Å². The summed E-state index contributed by atoms with van der Waals surface area (Å²) in [5.74, 6) is 0.000636. The minimum atomic E-state index is -1.10. The molecule has 0 bridgehead atoms. The third kappa shape index (κ3) is 6.35. The lowest BCUT2D eigenvalue weighted by molar-refractivity contribution is -0.139. The molecule has 9 heteroatoms. The highest BCUT2D eigenvalue weighted by Crippen LogP contribution is 2.34. The number of benzene rings is 3. The van der Waals surface area contributed by atoms with Gasteiger partial charge >= 0.3 is 5.97 Å². The number of carbonyl (C=O) groups is 2. The SMILES string of the molecule is O=C(N[C@H](Cc1ccccc1)C(=O)O)c1cnn2c(N3CCCCC3)c(-c3ccc(OCc4ccccc4)cc3)cnc12. The summed E-state index contributed by atoms with van der Waals surface area (Å²) in [6.07, 6.45) is 6.70. The number of carboxylic acid groups (broad SMARTS) is 1. The first kappa shape index (κ1) is 28.0. The number of hydrogen-bond acceptors (Lipinski definition) is 6. The van der Waals surface area contributed by atoms with Gasteiger partial charge < -0.3 is 20.1 Å². The highest BCUT2D eigenvalue weighted by molar-refractivity contribution is 6.01. The van der Waals surface area contributed by atoms with Crippen LogP contribution in [0.25, 0.3) is 16.8 Å². The zero-order valence-corrected chi connectivity index (χ0v) is 23.7. The fourth-order valence-corrected chi connectivity index (χ4v) is 5.45. The van der Waals surface area contributed by atoms with Gasteiger partial charge in [-0.1, -0.05) is 72.8 Å². The smallest absolute Gasteiger partial charge is 0.326 e. The number of anilines is 1. The predicted octanol–water partition coefficient (Wildman–Crippen LogP) is 5.39. The lowest BCUT2D eigenvalue weighted by atomic mass is 10.1. The molecule has 1 fully saturated rings. The van der Waals surface area contributed by atoms with E-state index in [1.54, 1.807) is 10.7 Å². The summed E-state index contributed by atoms with van der Waals surface area (Å²) in [5.41, 5.74) is 4.38. The van der Waals surface area contributed by atoms with Gasteiger partial charge in [0.2, 0.25) is 0 Å². The van der Waals surface area contributed by atoms with Gasteiger partial charge in [0.25, 0.3) is 5.91 Å². The molecule has 1 aliphatic rings. The molecule has 218 valence electrons. The number of aromatic nitrogens is 3. The molecule has 0 radical (unpaired) electrons. The molecule has 5 aromatic rings. The van der Waals surface area contributed by atoms with Crippen molar-refractivity contribution in [2.75, 3.05) is 18.0 Å². The molecule has 1 amide bonds. The maximum atomic E-state index is 13.4. The molecule has 0 aliphatic carbocycles. The summed E-state index contributed by atoms with van der Waals surface area (Å²) in [4.78, 5) is 32.3. The molecule has 43 heavy (non-hydrogen) atoms. The zero-order chi connectivity index (χ0) is 29.6. The molecule has 0 saturated carbocycles. The van der Waals surface area contributed by atoms with Crippen LogP contribution in [0.4, 0.5) is 5.82 Å². The van der Waals surface area contributed by atoms with E-state index >= 15 is 0 Å². The Balaban J connectivity index is 1.29. The number of hydrogen-bond donors (Lipinski definition) is 2. The molecule has 2 N–H and O–H groups in total. The van der Waals surface area contributed by atoms with Crippen LogP contribution < -0.4 is 15.0 Å². The van der Waals surface area contributed by atoms with Crippen molar-refractivity contribution in [2.24, 2.45) is 0 Å². The number of rotatable bonds is 10. The Hall–Kier alpha value is -5.18. The molecule has 6 rings (SSSR count). The monoisotopic (exact) mass is 575 g/mol. The van der Waals surface area contributed by atoms with Gasteiger partial charge in [0.1, 0.15) is 29.8 Å². The summed E-state index contributed by atoms with van der Waals surface area (Å²) in [5, 5.41) is 17.1. The highest BCUT2D eigenvalue weighted by atomic mass is 16.5. The van der Waals surface area contributed by atoms with Crippen molar-refractivity contribution < 1.29 is 19.4 Å². The van der Waals surface area contributed by atoms with E-state index in [2.05, 4.69) is 20.3 Å². The summed E-state index contributed by atoms with van der Waals surface area (Å²) in [6.45, 7) is 2.22. The standard InChI is InChI=1S/C34H33N5O4/c40-32(37-30(34(41)42)20-24-10-4-1-5-11-24)29-22-36-39-31(29)35-21-28(33(39)38-18-8-3-9-19-38)26-14-16-27(17-15-26)43-23-25-12-6-2-7-13-25/h1-2,4-7,10-17,21-22,30H,3,8-9,18-20,23H2,(H,37,40)(H,41,42)/t30-/m1/s1. The minimum absolute atomic E-state index is 0.169. The molecular formula is C34H33N5O4. The number of nitrogens with one attached hydrogen (secondary N) is 1. The van der Waals surface area contributed by atoms with Gasteiger partial charge in [0.05, 0.1) is 6.20 Å². The molecule has 3 aromatic carbocycles. The summed E-state index contributed by atoms with van der Waals surface area (Å²) in [7, 11) is 0. The van der Waals surface area contributed by atoms with Crippen LogP contribution >= 0.6 is 0 Å². The first-order chi connectivity index (χ1) is 21.1. The maximum Gasteiger partial charge on any atom is 0.326 e. The predicted molar refractivity (Wildman–Crippen MR) is 164 cm³/mol. The van der Waals surface area contributed by atoms with Gasteiger partial charge in [0.15, 0.2) is 5.65 Å². The lowest BCUT2D eigenvalue weighted by Crippen LogP contribution is -2.42. The maximum absolute atomic E-state index is 13.4. The normalized spacial score (nSPS) is 13.9. The number of piperidine rings is 1. The van der Waals surface area contributed by atoms with Crippen molar-refractivity contribution in [2.45, 2.75) is 38.3 Å². The Bertz CT molecular complexity index is 1700. The van der Waals surface area contributed by atoms with Gasteiger partial charge in [-0.2, -0.15) is 9.61 Å². The molecule has 9 nitrogen and oxygen atoms in total. The van der Waals surface area contributed by atoms with Crippen LogP contribution in [-0.2, 0) is 17.8 Å². The van der Waals surface area contributed by atoms with E-state index < -0.39 is 17.9 Å². The van der Waals surface area contributed by atoms with Crippen molar-refractivity contribution >= 4 is 23.3 Å². The Labute approximate surface area is 249 Å². The van der Waals surface area contributed by atoms with E-state index in [9.17, 15) is 14.7 Å². The zero-order valence-electron chi connectivity index (χ0n) is 23.7. The summed E-state index contributed by atoms with van der Waals surface area (Å²) >= 11 is 0. The quantitative estimate of drug-likeness (QED) is 0.230. The van der Waals surface area contributed by atoms with Gasteiger partial charge in [-0.3, -0.25) is 4.79 Å². The fourth-order valence-electron chi connectivity index (χ4n) is 5.45. The molecule has 0 unspecified atom stereocenters. The first-order valence-electron chi connectivity index (χ1n) is 14.5. The highest BCUT2D eigenvalue weighted by Gasteiger charge is 2.26. The van der Waals surface area contributed by atoms with Crippen LogP contribution in [0.1, 0.15) is 40.7 Å². The lowest BCUT2D eigenvalue weighted by Gasteiger charge is -2.30. The number of ether oxygens (including phenoxy) is 1. The van der Waals surface area contributed by atoms with E-state index in [-0.39, 0.29) is 12.0 Å². The van der Waals surface area contributed by atoms with E-state index in [1.807, 2.05) is 84.9 Å². The van der Waals surface area contributed by atoms with E-state index in [4.69, 9.17) is 4.74 Å². The second-order valence-electron chi connectivity index (χ2n) is 10.7. The van der Waals surface area contributed by atoms with E-state index in [1.165, 1.54) is 6.20 Å². The molecule has 3 heterocycles. The van der Waals surface area contributed by atoms with Crippen LogP contribution in [0.15, 0.2) is 97.3 Å². The number of nitrogens with zero attached hydrogens (tertiary/aromatic N) is 4. The van der Waals surface area contributed by atoms with Crippen LogP contribution in [0, 0.1) is 0 Å². The third-order valence-electron chi connectivity index (χ3n) is 7.70. The second kappa shape index (κ2) is 12.8. The van der Waals surface area contributed by atoms with Gasteiger partial charge in [-0.05, 0) is 48.1 Å². The average molecular weight is 576 g/mol. The second-order valence-corrected chi connectivity index (χ2v) is 10.7. The van der Waals surface area contributed by atoms with Gasteiger partial charge in [-0.15, -0.1) is 0 Å². The third-order valence-corrected chi connectivity index (χ3v) is 7.70. The van der Waals surface area contributed by atoms with Crippen molar-refractivity contribution in [3.05, 3.63) is 114 Å². The Morgan fingerprint density at radius 2 is 1.53 bits per heavy atom. The number of fused-ring (bicyclic) bond motifs is 1. The number of amides is 1. The molecule has 0 spiro atoms. The van der Waals surface area contributed by atoms with Crippen LogP contribution in [-0.4, -0.2) is 50.7 Å². The topological polar surface area (TPSA) is 109 Å². The van der Waals surface area contributed by atoms with Crippen molar-refractivity contribution in [3.63, 3.8) is 0 Å². The van der Waals surface area contributed by atoms with Crippen molar-refractivity contribution in [1.29, 1.82) is 0 Å². The van der Waals surface area contributed by atoms with Crippen LogP contribution in [0.2, 0.25) is 0 Å².